The molecule has 0 radical (unpaired) electrons. The van der Waals surface area contributed by atoms with Crippen LogP contribution in [0.3, 0.4) is 0 Å². The van der Waals surface area contributed by atoms with E-state index in [2.05, 4.69) is 5.32 Å². The van der Waals surface area contributed by atoms with Crippen LogP contribution in [0.1, 0.15) is 49.3 Å². The lowest BCUT2D eigenvalue weighted by Crippen LogP contribution is -2.30. The van der Waals surface area contributed by atoms with Gasteiger partial charge in [-0.25, -0.2) is 8.78 Å². The first-order valence-corrected chi connectivity index (χ1v) is 6.95. The minimum absolute atomic E-state index is 0.0640. The fraction of sp³-hybridized carbons (Fsp3) is 0.600. The molecule has 0 bridgehead atoms. The third-order valence-corrected chi connectivity index (χ3v) is 3.81. The summed E-state index contributed by atoms with van der Waals surface area (Å²) in [5, 5.41) is 13.5. The van der Waals surface area contributed by atoms with E-state index in [-0.39, 0.29) is 17.2 Å². The number of hydrogen-bond acceptors (Lipinski definition) is 2. The lowest BCUT2D eigenvalue weighted by Gasteiger charge is -2.20. The monoisotopic (exact) mass is 269 g/mol. The van der Waals surface area contributed by atoms with Gasteiger partial charge < -0.3 is 10.4 Å². The second-order valence-corrected chi connectivity index (χ2v) is 5.37. The summed E-state index contributed by atoms with van der Waals surface area (Å²) in [5.74, 6) is -0.996. The zero-order chi connectivity index (χ0) is 13.8. The summed E-state index contributed by atoms with van der Waals surface area (Å²) in [6.07, 6.45) is 3.90. The van der Waals surface area contributed by atoms with Gasteiger partial charge in [-0.2, -0.15) is 0 Å². The van der Waals surface area contributed by atoms with Crippen molar-refractivity contribution < 1.29 is 13.9 Å². The van der Waals surface area contributed by atoms with Crippen molar-refractivity contribution in [3.63, 3.8) is 0 Å². The van der Waals surface area contributed by atoms with E-state index in [9.17, 15) is 13.9 Å². The first-order chi connectivity index (χ1) is 9.08. The molecule has 1 aliphatic rings. The van der Waals surface area contributed by atoms with Gasteiger partial charge in [0.1, 0.15) is 11.6 Å². The highest BCUT2D eigenvalue weighted by atomic mass is 19.1. The van der Waals surface area contributed by atoms with E-state index in [1.807, 2.05) is 0 Å². The molecule has 2 unspecified atom stereocenters. The average molecular weight is 269 g/mol. The molecule has 1 aromatic carbocycles. The van der Waals surface area contributed by atoms with Crippen molar-refractivity contribution in [3.8, 4) is 0 Å². The van der Waals surface area contributed by atoms with Crippen LogP contribution in [0.15, 0.2) is 12.1 Å². The zero-order valence-corrected chi connectivity index (χ0v) is 11.3. The van der Waals surface area contributed by atoms with Crippen LogP contribution in [0.5, 0.6) is 0 Å². The molecule has 0 aromatic heterocycles. The van der Waals surface area contributed by atoms with Gasteiger partial charge in [0.15, 0.2) is 0 Å². The molecule has 0 saturated carbocycles. The van der Waals surface area contributed by atoms with Gasteiger partial charge in [-0.15, -0.1) is 0 Å². The molecule has 2 N–H and O–H groups in total. The van der Waals surface area contributed by atoms with Crippen LogP contribution in [0.25, 0.3) is 0 Å². The summed E-state index contributed by atoms with van der Waals surface area (Å²) >= 11 is 0. The highest BCUT2D eigenvalue weighted by molar-refractivity contribution is 5.27. The Morgan fingerprint density at radius 1 is 1.26 bits per heavy atom. The molecule has 1 saturated heterocycles. The largest absolute Gasteiger partial charge is 0.388 e. The van der Waals surface area contributed by atoms with Crippen LogP contribution in [0.2, 0.25) is 0 Å². The standard InChI is InChI=1S/C15H21F2NO/c1-10-7-14(17)12(9-13(10)16)15(19)8-11-5-3-2-4-6-18-11/h7,9,11,15,18-19H,2-6,8H2,1H3. The first-order valence-electron chi connectivity index (χ1n) is 6.95. The topological polar surface area (TPSA) is 32.3 Å². The summed E-state index contributed by atoms with van der Waals surface area (Å²) in [5.41, 5.74) is 0.329. The fourth-order valence-electron chi connectivity index (χ4n) is 2.62. The van der Waals surface area contributed by atoms with E-state index in [1.54, 1.807) is 0 Å². The second kappa shape index (κ2) is 6.44. The number of benzene rings is 1. The molecule has 19 heavy (non-hydrogen) atoms. The summed E-state index contributed by atoms with van der Waals surface area (Å²) in [6.45, 7) is 2.45. The molecule has 106 valence electrons. The molecule has 1 aromatic rings. The highest BCUT2D eigenvalue weighted by Crippen LogP contribution is 2.26. The molecular weight excluding hydrogens is 248 g/mol. The molecular formula is C15H21F2NO. The van der Waals surface area contributed by atoms with Gasteiger partial charge in [0.05, 0.1) is 6.10 Å². The molecule has 4 heteroatoms. The van der Waals surface area contributed by atoms with Crippen molar-refractivity contribution in [2.24, 2.45) is 0 Å². The van der Waals surface area contributed by atoms with E-state index in [4.69, 9.17) is 0 Å². The van der Waals surface area contributed by atoms with Gasteiger partial charge in [-0.1, -0.05) is 12.8 Å². The van der Waals surface area contributed by atoms with Crippen LogP contribution in [0.4, 0.5) is 8.78 Å². The normalized spacial score (nSPS) is 22.0. The molecule has 1 aliphatic heterocycles. The number of aryl methyl sites for hydroxylation is 1. The number of halogens is 2. The molecule has 2 nitrogen and oxygen atoms in total. The average Bonchev–Trinajstić information content (AvgIpc) is 2.62. The van der Waals surface area contributed by atoms with E-state index in [0.717, 1.165) is 37.9 Å². The van der Waals surface area contributed by atoms with Gasteiger partial charge in [0.2, 0.25) is 0 Å². The molecule has 0 amide bonds. The van der Waals surface area contributed by atoms with Gasteiger partial charge in [0, 0.05) is 11.6 Å². The Kier molecular flexibility index (Phi) is 4.88. The zero-order valence-electron chi connectivity index (χ0n) is 11.3. The Balaban J connectivity index is 2.06. The first kappa shape index (κ1) is 14.4. The molecule has 2 atom stereocenters. The van der Waals surface area contributed by atoms with Crippen molar-refractivity contribution in [3.05, 3.63) is 34.9 Å². The van der Waals surface area contributed by atoms with Gasteiger partial charge in [-0.3, -0.25) is 0 Å². The number of rotatable bonds is 3. The maximum Gasteiger partial charge on any atom is 0.129 e. The Morgan fingerprint density at radius 3 is 2.84 bits per heavy atom. The molecule has 2 rings (SSSR count). The Bertz CT molecular complexity index is 428. The fourth-order valence-corrected chi connectivity index (χ4v) is 2.62. The SMILES string of the molecule is Cc1cc(F)c(C(O)CC2CCCCCN2)cc1F. The third kappa shape index (κ3) is 3.74. The lowest BCUT2D eigenvalue weighted by molar-refractivity contribution is 0.145. The van der Waals surface area contributed by atoms with Crippen LogP contribution in [-0.2, 0) is 0 Å². The van der Waals surface area contributed by atoms with Crippen LogP contribution >= 0.6 is 0 Å². The minimum Gasteiger partial charge on any atom is -0.388 e. The van der Waals surface area contributed by atoms with Gasteiger partial charge in [0.25, 0.3) is 0 Å². The van der Waals surface area contributed by atoms with Crippen LogP contribution < -0.4 is 5.32 Å². The van der Waals surface area contributed by atoms with Crippen molar-refractivity contribution in [2.75, 3.05) is 6.54 Å². The van der Waals surface area contributed by atoms with E-state index in [0.29, 0.717) is 6.42 Å². The molecule has 1 fully saturated rings. The predicted octanol–water partition coefficient (Wildman–Crippen LogP) is 3.23. The van der Waals surface area contributed by atoms with Gasteiger partial charge >= 0.3 is 0 Å². The van der Waals surface area contributed by atoms with Crippen molar-refractivity contribution in [1.82, 2.24) is 5.32 Å². The maximum atomic E-state index is 13.8. The smallest absolute Gasteiger partial charge is 0.129 e. The number of aliphatic hydroxyl groups is 1. The second-order valence-electron chi connectivity index (χ2n) is 5.37. The van der Waals surface area contributed by atoms with Crippen LogP contribution in [-0.4, -0.2) is 17.7 Å². The quantitative estimate of drug-likeness (QED) is 0.883. The van der Waals surface area contributed by atoms with E-state index < -0.39 is 17.7 Å². The summed E-state index contributed by atoms with van der Waals surface area (Å²) in [6, 6.07) is 2.45. The van der Waals surface area contributed by atoms with Crippen molar-refractivity contribution in [1.29, 1.82) is 0 Å². The molecule has 0 aliphatic carbocycles. The summed E-state index contributed by atoms with van der Waals surface area (Å²) in [7, 11) is 0. The summed E-state index contributed by atoms with van der Waals surface area (Å²) < 4.78 is 27.2. The van der Waals surface area contributed by atoms with Crippen LogP contribution in [0, 0.1) is 18.6 Å². The van der Waals surface area contributed by atoms with E-state index >= 15 is 0 Å². The maximum absolute atomic E-state index is 13.8. The number of aliphatic hydroxyl groups excluding tert-OH is 1. The number of nitrogens with one attached hydrogen (secondary N) is 1. The molecule has 0 spiro atoms. The lowest BCUT2D eigenvalue weighted by atomic mass is 9.97. The summed E-state index contributed by atoms with van der Waals surface area (Å²) in [4.78, 5) is 0. The Morgan fingerprint density at radius 2 is 2.05 bits per heavy atom. The van der Waals surface area contributed by atoms with Gasteiger partial charge in [-0.05, 0) is 50.4 Å². The minimum atomic E-state index is -0.953. The highest BCUT2D eigenvalue weighted by Gasteiger charge is 2.20. The molecule has 1 heterocycles. The third-order valence-electron chi connectivity index (χ3n) is 3.81. The van der Waals surface area contributed by atoms with Crippen molar-refractivity contribution in [2.45, 2.75) is 51.2 Å². The van der Waals surface area contributed by atoms with E-state index in [1.165, 1.54) is 13.3 Å². The number of hydrogen-bond donors (Lipinski definition) is 2. The Labute approximate surface area is 112 Å². The predicted molar refractivity (Wildman–Crippen MR) is 70.9 cm³/mol. The van der Waals surface area contributed by atoms with Crippen molar-refractivity contribution >= 4 is 0 Å². The Hall–Kier alpha value is -1.00.